The molecule has 0 unspecified atom stereocenters. The van der Waals surface area contributed by atoms with Crippen LogP contribution in [0.1, 0.15) is 24.0 Å². The molecule has 7 heteroatoms. The van der Waals surface area contributed by atoms with Crippen molar-refractivity contribution in [2.24, 2.45) is 5.92 Å². The lowest BCUT2D eigenvalue weighted by Gasteiger charge is -2.39. The van der Waals surface area contributed by atoms with Crippen molar-refractivity contribution in [1.29, 1.82) is 2.67 Å². The Hall–Kier alpha value is -2.31. The van der Waals surface area contributed by atoms with Crippen molar-refractivity contribution in [2.75, 3.05) is 18.7 Å². The second-order valence-electron chi connectivity index (χ2n) is 7.38. The average molecular weight is 443 g/mol. The molecule has 4 nitrogen and oxygen atoms in total. The molecule has 3 aliphatic heterocycles. The Kier molecular flexibility index (Phi) is 5.68. The summed E-state index contributed by atoms with van der Waals surface area (Å²) in [4.78, 5) is 13.1. The van der Waals surface area contributed by atoms with Crippen molar-refractivity contribution in [3.63, 3.8) is 0 Å². The van der Waals surface area contributed by atoms with E-state index in [4.69, 9.17) is 23.6 Å². The van der Waals surface area contributed by atoms with Gasteiger partial charge in [0.15, 0.2) is 0 Å². The van der Waals surface area contributed by atoms with E-state index < -0.39 is 13.7 Å². The van der Waals surface area contributed by atoms with Crippen LogP contribution >= 0.6 is 23.6 Å². The van der Waals surface area contributed by atoms with Crippen LogP contribution in [0.15, 0.2) is 48.7 Å². The van der Waals surface area contributed by atoms with Crippen LogP contribution in [0, 0.1) is 5.92 Å². The van der Waals surface area contributed by atoms with Gasteiger partial charge in [0.05, 0.1) is 0 Å². The van der Waals surface area contributed by atoms with Gasteiger partial charge in [0, 0.05) is 59.2 Å². The summed E-state index contributed by atoms with van der Waals surface area (Å²) >= 11 is 7.69. The zero-order valence-electron chi connectivity index (χ0n) is 18.4. The lowest BCUT2D eigenvalue weighted by molar-refractivity contribution is -0.131. The molecule has 3 aliphatic rings. The minimum absolute atomic E-state index is 0.271. The number of rotatable bonds is 8. The number of carboxylic acids is 1. The molecule has 0 amide bonds. The van der Waals surface area contributed by atoms with E-state index in [1.54, 1.807) is 6.07 Å². The molecule has 0 aromatic heterocycles. The molecule has 1 N–H and O–H groups in total. The highest BCUT2D eigenvalue weighted by Crippen LogP contribution is 2.43. The summed E-state index contributed by atoms with van der Waals surface area (Å²) in [6, 6.07) is 11.5. The van der Waals surface area contributed by atoms with E-state index >= 15 is 0 Å². The van der Waals surface area contributed by atoms with Crippen LogP contribution in [-0.4, -0.2) is 45.2 Å². The first-order chi connectivity index (χ1) is 15.4. The molecule has 30 heavy (non-hydrogen) atoms. The van der Waals surface area contributed by atoms with Gasteiger partial charge in [-0.25, -0.2) is 4.79 Å². The molecule has 2 bridgehead atoms. The molecule has 5 rings (SSSR count). The van der Waals surface area contributed by atoms with Crippen molar-refractivity contribution in [3.8, 4) is 16.9 Å². The fourth-order valence-corrected chi connectivity index (χ4v) is 4.70. The first kappa shape index (κ1) is 18.5. The highest BCUT2D eigenvalue weighted by Gasteiger charge is 2.29. The number of fused-ring (bicyclic) bond motifs is 2. The second-order valence-corrected chi connectivity index (χ2v) is 8.53. The fourth-order valence-electron chi connectivity index (χ4n) is 4.06. The van der Waals surface area contributed by atoms with Gasteiger partial charge < -0.3 is 14.2 Å². The number of carbonyl (C=O) groups is 1. The molecule has 0 spiro atoms. The monoisotopic (exact) mass is 442 g/mol. The molecule has 2 aromatic rings. The molecule has 0 radical (unpaired) electrons. The number of allylic oxidation sites excluding steroid dienone is 1. The number of hydrogen-bond acceptors (Lipinski definition) is 4. The molecule has 0 aliphatic carbocycles. The van der Waals surface area contributed by atoms with Crippen LogP contribution in [0.5, 0.6) is 5.75 Å². The number of piperidine rings is 1. The van der Waals surface area contributed by atoms with Crippen LogP contribution in [0.3, 0.4) is 0 Å². The van der Waals surface area contributed by atoms with Crippen molar-refractivity contribution >= 4 is 49.0 Å². The Morgan fingerprint density at radius 3 is 2.87 bits per heavy atom. The van der Waals surface area contributed by atoms with E-state index in [2.05, 4.69) is 17.2 Å². The first-order valence-electron chi connectivity index (χ1n) is 11.0. The maximum atomic E-state index is 10.8. The second kappa shape index (κ2) is 9.23. The molecule has 154 valence electrons. The standard InChI is InChI=1S/C23H23BClNO3S/c24-14-30-29-22-5-3-17(12-19(22)20-13-26-9-7-16(20)8-10-26)18-4-1-15(11-21(18)25)2-6-23(27)28/h1-6,11-13,16H,7-10,14,24H2,(H,27,28)/b6-2+/i24TD. The lowest BCUT2D eigenvalue weighted by atomic mass is 9.81. The smallest absolute Gasteiger partial charge is 0.328 e. The maximum absolute atomic E-state index is 10.8. The zero-order valence-corrected chi connectivity index (χ0v) is 18.0. The topological polar surface area (TPSA) is 49.8 Å². The third-order valence-electron chi connectivity index (χ3n) is 5.52. The minimum atomic E-state index is -1.00. The fraction of sp³-hybridized carbons (Fsp3) is 0.261. The first-order valence-corrected chi connectivity index (χ1v) is 11.1. The van der Waals surface area contributed by atoms with Gasteiger partial charge in [0.2, 0.25) is 0 Å². The summed E-state index contributed by atoms with van der Waals surface area (Å²) in [5.74, 6) is 0.217. The molecule has 0 atom stereocenters. The van der Waals surface area contributed by atoms with Crippen LogP contribution in [0.4, 0.5) is 0 Å². The van der Waals surface area contributed by atoms with Gasteiger partial charge in [0.25, 0.3) is 0 Å². The van der Waals surface area contributed by atoms with Crippen molar-refractivity contribution < 1.29 is 14.1 Å². The van der Waals surface area contributed by atoms with Crippen LogP contribution in [0.2, 0.25) is 5.02 Å². The highest BCUT2D eigenvalue weighted by molar-refractivity contribution is 7.96. The van der Waals surface area contributed by atoms with Gasteiger partial charge in [-0.2, -0.15) is 0 Å². The van der Waals surface area contributed by atoms with Gasteiger partial charge in [0.1, 0.15) is 13.5 Å². The number of halogens is 1. The molecule has 0 saturated carbocycles. The van der Waals surface area contributed by atoms with E-state index in [0.717, 1.165) is 72.1 Å². The maximum Gasteiger partial charge on any atom is 0.328 e. The van der Waals surface area contributed by atoms with Gasteiger partial charge in [-0.1, -0.05) is 29.8 Å². The van der Waals surface area contributed by atoms with E-state index in [9.17, 15) is 4.79 Å². The Bertz CT molecular complexity index is 1070. The van der Waals surface area contributed by atoms with Crippen LogP contribution in [0.25, 0.3) is 22.8 Å². The van der Waals surface area contributed by atoms with E-state index in [1.807, 2.05) is 24.3 Å². The predicted octanol–water partition coefficient (Wildman–Crippen LogP) is 4.79. The average Bonchev–Trinajstić information content (AvgIpc) is 2.78. The van der Waals surface area contributed by atoms with Crippen LogP contribution < -0.4 is 4.18 Å². The molecular weight excluding hydrogens is 417 g/mol. The quantitative estimate of drug-likeness (QED) is 0.362. The number of aliphatic carboxylic acids is 1. The third kappa shape index (κ3) is 4.55. The van der Waals surface area contributed by atoms with Gasteiger partial charge in [-0.3, -0.25) is 0 Å². The summed E-state index contributed by atoms with van der Waals surface area (Å²) in [6.07, 6.45) is 7.07. The normalized spacial score (nSPS) is 17.0. The van der Waals surface area contributed by atoms with E-state index in [0.29, 0.717) is 10.9 Å². The Balaban J connectivity index is 1.69. The molecule has 1 fully saturated rings. The summed E-state index contributed by atoms with van der Waals surface area (Å²) in [6.45, 7) is 2.16. The van der Waals surface area contributed by atoms with Gasteiger partial charge >= 0.3 is 5.97 Å². The summed E-state index contributed by atoms with van der Waals surface area (Å²) < 4.78 is 20.7. The molecule has 1 saturated heterocycles. The number of hydrogen-bond donors (Lipinski definition) is 1. The largest absolute Gasteiger partial charge is 0.478 e. The lowest BCUT2D eigenvalue weighted by Crippen LogP contribution is -2.35. The SMILES string of the molecule is [2H]B([3H])CSOc1ccc(-c2ccc(/C=C/C(=O)O)cc2Cl)cc1C1=CN2CCC1CC2. The van der Waals surface area contributed by atoms with Gasteiger partial charge in [-0.05, 0) is 62.4 Å². The Morgan fingerprint density at radius 2 is 2.20 bits per heavy atom. The minimum Gasteiger partial charge on any atom is -0.478 e. The van der Waals surface area contributed by atoms with Crippen molar-refractivity contribution in [2.45, 2.75) is 12.8 Å². The molecular formula is C23H23BClNO3S. The summed E-state index contributed by atoms with van der Waals surface area (Å²) in [5, 5.41) is 9.37. The summed E-state index contributed by atoms with van der Waals surface area (Å²) in [5.41, 5.74) is 5.07. The molecule has 2 aromatic carbocycles. The Labute approximate surface area is 189 Å². The number of benzene rings is 2. The van der Waals surface area contributed by atoms with Crippen molar-refractivity contribution in [3.05, 3.63) is 64.8 Å². The third-order valence-corrected chi connectivity index (χ3v) is 6.27. The Morgan fingerprint density at radius 1 is 1.37 bits per heavy atom. The highest BCUT2D eigenvalue weighted by atomic mass is 35.5. The summed E-state index contributed by atoms with van der Waals surface area (Å²) in [7, 11) is -0.939. The van der Waals surface area contributed by atoms with Gasteiger partial charge in [-0.15, -0.1) is 0 Å². The van der Waals surface area contributed by atoms with Crippen LogP contribution in [-0.2, 0) is 4.79 Å². The number of nitrogens with zero attached hydrogens (tertiary/aromatic N) is 1. The van der Waals surface area contributed by atoms with Crippen molar-refractivity contribution in [1.82, 2.24) is 4.90 Å². The number of carboxylic acid groups (broad SMARTS) is 1. The molecule has 3 heterocycles. The van der Waals surface area contributed by atoms with E-state index in [1.165, 1.54) is 11.6 Å². The zero-order chi connectivity index (χ0) is 22.7. The predicted molar refractivity (Wildman–Crippen MR) is 127 cm³/mol. The van der Waals surface area contributed by atoms with E-state index in [-0.39, 0.29) is 5.65 Å².